The van der Waals surface area contributed by atoms with Gasteiger partial charge in [0, 0.05) is 24.8 Å². The highest BCUT2D eigenvalue weighted by molar-refractivity contribution is 5.75. The van der Waals surface area contributed by atoms with Crippen molar-refractivity contribution >= 4 is 6.03 Å². The Morgan fingerprint density at radius 2 is 1.41 bits per heavy atom. The van der Waals surface area contributed by atoms with Gasteiger partial charge in [0.25, 0.3) is 0 Å². The third kappa shape index (κ3) is 6.65. The van der Waals surface area contributed by atoms with Crippen molar-refractivity contribution in [2.75, 3.05) is 20.1 Å². The van der Waals surface area contributed by atoms with Gasteiger partial charge in [-0.1, -0.05) is 60.7 Å². The molecule has 2 heterocycles. The summed E-state index contributed by atoms with van der Waals surface area (Å²) in [6.45, 7) is 4.66. The molecule has 6 atom stereocenters. The van der Waals surface area contributed by atoms with Gasteiger partial charge in [-0.2, -0.15) is 0 Å². The summed E-state index contributed by atoms with van der Waals surface area (Å²) in [6, 6.07) is 19.7. The quantitative estimate of drug-likeness (QED) is 0.299. The Labute approximate surface area is 264 Å². The highest BCUT2D eigenvalue weighted by atomic mass is 127. The molecule has 5 fully saturated rings. The summed E-state index contributed by atoms with van der Waals surface area (Å²) >= 11 is 0. The van der Waals surface area contributed by atoms with Gasteiger partial charge in [0.05, 0.1) is 32.2 Å². The number of nitrogens with zero attached hydrogens (tertiary/aromatic N) is 1. The first kappa shape index (κ1) is 30.8. The van der Waals surface area contributed by atoms with E-state index in [-0.39, 0.29) is 36.0 Å². The Balaban J connectivity index is 0.00000337. The van der Waals surface area contributed by atoms with Crippen molar-refractivity contribution in [1.29, 1.82) is 0 Å². The number of quaternary nitrogens is 1. The lowest BCUT2D eigenvalue weighted by molar-refractivity contribution is -0.935. The van der Waals surface area contributed by atoms with Crippen LogP contribution in [-0.2, 0) is 5.60 Å². The largest absolute Gasteiger partial charge is 1.00 e. The molecule has 0 aromatic heterocycles. The van der Waals surface area contributed by atoms with E-state index >= 15 is 0 Å². The molecule has 5 aliphatic rings. The standard InChI is InChI=1S/C35H49N3O2.HI/c1-25(35(40,30-9-5-3-6-10-30)31-11-7-4-8-12-31)36-34(39)37-32-15-13-26(14-16-32)17-18-38(2)24-29-20-27-19-28(21-29)23-33(38)22-27;/h3-12,25-29,32-33,40H,13-24H2,1-2H3,(H-,36,37,39);1H/t25-,26?,27-,28+,29?,32?,33?,38?;/m0./s1. The third-order valence-corrected chi connectivity index (χ3v) is 11.4. The second kappa shape index (κ2) is 12.9. The molecule has 3 unspecified atom stereocenters. The van der Waals surface area contributed by atoms with Crippen LogP contribution in [0.4, 0.5) is 4.79 Å². The minimum atomic E-state index is -1.32. The summed E-state index contributed by atoms with van der Waals surface area (Å²) in [6.07, 6.45) is 13.4. The van der Waals surface area contributed by atoms with Gasteiger partial charge in [-0.25, -0.2) is 4.79 Å². The second-order valence-electron chi connectivity index (χ2n) is 14.2. The average Bonchev–Trinajstić information content (AvgIpc) is 3.11. The van der Waals surface area contributed by atoms with Crippen LogP contribution in [0.5, 0.6) is 0 Å². The van der Waals surface area contributed by atoms with Crippen molar-refractivity contribution in [1.82, 2.24) is 10.6 Å². The predicted molar refractivity (Wildman–Crippen MR) is 161 cm³/mol. The van der Waals surface area contributed by atoms with Crippen molar-refractivity contribution in [3.8, 4) is 0 Å². The fourth-order valence-electron chi connectivity index (χ4n) is 9.28. The summed E-state index contributed by atoms with van der Waals surface area (Å²) in [5.41, 5.74) is 0.232. The molecular formula is C35H50IN3O2. The summed E-state index contributed by atoms with van der Waals surface area (Å²) in [5, 5.41) is 18.3. The molecule has 2 aromatic rings. The van der Waals surface area contributed by atoms with Gasteiger partial charge in [-0.3, -0.25) is 0 Å². The first-order valence-corrected chi connectivity index (χ1v) is 16.1. The van der Waals surface area contributed by atoms with Crippen LogP contribution >= 0.6 is 0 Å². The van der Waals surface area contributed by atoms with Crippen LogP contribution in [0.15, 0.2) is 60.7 Å². The molecule has 2 saturated heterocycles. The van der Waals surface area contributed by atoms with Crippen LogP contribution in [-0.4, -0.2) is 53.9 Å². The molecule has 3 saturated carbocycles. The van der Waals surface area contributed by atoms with E-state index in [2.05, 4.69) is 17.7 Å². The van der Waals surface area contributed by atoms with E-state index in [0.29, 0.717) is 0 Å². The van der Waals surface area contributed by atoms with E-state index in [9.17, 15) is 9.90 Å². The average molecular weight is 672 g/mol. The molecule has 6 heteroatoms. The molecule has 3 N–H and O–H groups in total. The third-order valence-electron chi connectivity index (χ3n) is 11.4. The molecule has 0 radical (unpaired) electrons. The maximum atomic E-state index is 13.1. The minimum absolute atomic E-state index is 0. The number of carbonyl (C=O) groups is 1. The lowest BCUT2D eigenvalue weighted by Crippen LogP contribution is -3.00. The zero-order valence-corrected chi connectivity index (χ0v) is 27.1. The van der Waals surface area contributed by atoms with E-state index in [1.807, 2.05) is 67.6 Å². The van der Waals surface area contributed by atoms with Crippen LogP contribution in [0.2, 0.25) is 0 Å². The molecule has 7 rings (SSSR count). The van der Waals surface area contributed by atoms with Gasteiger partial charge in [0.15, 0.2) is 0 Å². The topological polar surface area (TPSA) is 61.4 Å². The molecule has 3 aliphatic carbocycles. The maximum Gasteiger partial charge on any atom is 0.315 e. The second-order valence-corrected chi connectivity index (χ2v) is 14.2. The normalized spacial score (nSPS) is 33.3. The lowest BCUT2D eigenvalue weighted by atomic mass is 9.68. The number of urea groups is 1. The van der Waals surface area contributed by atoms with Crippen molar-refractivity contribution < 1.29 is 38.4 Å². The molecule has 4 bridgehead atoms. The van der Waals surface area contributed by atoms with E-state index in [4.69, 9.17) is 0 Å². The first-order chi connectivity index (χ1) is 19.3. The number of nitrogens with one attached hydrogen (secondary N) is 2. The SMILES string of the molecule is C[C@H](NC(=O)NC1CCC(CC[N+]2(C)CC3C[C@@H]4CC2C[C@H](C3)C4)CC1)C(O)(c1ccccc1)c1ccccc1.[I-]. The molecule has 5 nitrogen and oxygen atoms in total. The molecule has 0 spiro atoms. The first-order valence-electron chi connectivity index (χ1n) is 16.1. The van der Waals surface area contributed by atoms with Crippen LogP contribution in [0.3, 0.4) is 0 Å². The van der Waals surface area contributed by atoms with Crippen LogP contribution < -0.4 is 34.6 Å². The number of benzene rings is 2. The molecule has 2 aromatic carbocycles. The van der Waals surface area contributed by atoms with Gasteiger partial charge in [0.1, 0.15) is 5.60 Å². The highest BCUT2D eigenvalue weighted by Gasteiger charge is 2.49. The Kier molecular flexibility index (Phi) is 9.71. The molecular weight excluding hydrogens is 621 g/mol. The Hall–Kier alpha value is -1.64. The predicted octanol–water partition coefficient (Wildman–Crippen LogP) is 3.22. The summed E-state index contributed by atoms with van der Waals surface area (Å²) in [5.74, 6) is 3.81. The number of carbonyl (C=O) groups excluding carboxylic acids is 1. The highest BCUT2D eigenvalue weighted by Crippen LogP contribution is 2.49. The number of hydrogen-bond acceptors (Lipinski definition) is 2. The number of rotatable bonds is 8. The van der Waals surface area contributed by atoms with Crippen LogP contribution in [0.25, 0.3) is 0 Å². The number of aliphatic hydroxyl groups is 1. The maximum absolute atomic E-state index is 13.1. The zero-order chi connectivity index (χ0) is 27.7. The van der Waals surface area contributed by atoms with Gasteiger partial charge in [-0.05, 0) is 87.2 Å². The van der Waals surface area contributed by atoms with Crippen LogP contribution in [0.1, 0.15) is 82.3 Å². The van der Waals surface area contributed by atoms with Gasteiger partial charge < -0.3 is 44.2 Å². The molecule has 41 heavy (non-hydrogen) atoms. The molecule has 2 amide bonds. The van der Waals surface area contributed by atoms with E-state index < -0.39 is 11.6 Å². The summed E-state index contributed by atoms with van der Waals surface area (Å²) < 4.78 is 1.34. The van der Waals surface area contributed by atoms with Crippen molar-refractivity contribution in [2.45, 2.75) is 94.9 Å². The van der Waals surface area contributed by atoms with E-state index in [1.165, 1.54) is 68.9 Å². The monoisotopic (exact) mass is 671 g/mol. The van der Waals surface area contributed by atoms with Gasteiger partial charge in [-0.15, -0.1) is 0 Å². The molecule has 224 valence electrons. The number of halogens is 1. The van der Waals surface area contributed by atoms with E-state index in [0.717, 1.165) is 53.7 Å². The Morgan fingerprint density at radius 3 is 1.98 bits per heavy atom. The van der Waals surface area contributed by atoms with Gasteiger partial charge in [0.2, 0.25) is 0 Å². The lowest BCUT2D eigenvalue weighted by Gasteiger charge is -2.44. The Morgan fingerprint density at radius 1 is 0.878 bits per heavy atom. The van der Waals surface area contributed by atoms with E-state index in [1.54, 1.807) is 0 Å². The van der Waals surface area contributed by atoms with Crippen molar-refractivity contribution in [3.63, 3.8) is 0 Å². The Bertz CT molecular complexity index is 1090. The summed E-state index contributed by atoms with van der Waals surface area (Å²) in [4.78, 5) is 13.1. The number of amides is 2. The summed E-state index contributed by atoms with van der Waals surface area (Å²) in [7, 11) is 2.58. The van der Waals surface area contributed by atoms with Crippen molar-refractivity contribution in [2.24, 2.45) is 23.7 Å². The van der Waals surface area contributed by atoms with Crippen LogP contribution in [0, 0.1) is 23.7 Å². The zero-order valence-electron chi connectivity index (χ0n) is 25.0. The fraction of sp³-hybridized carbons (Fsp3) is 0.629. The number of fused-ring (bicyclic) bond motifs is 1. The van der Waals surface area contributed by atoms with Gasteiger partial charge >= 0.3 is 6.03 Å². The number of hydrogen-bond donors (Lipinski definition) is 3. The smallest absolute Gasteiger partial charge is 0.315 e. The fourth-order valence-corrected chi connectivity index (χ4v) is 9.28. The van der Waals surface area contributed by atoms with Crippen molar-refractivity contribution in [3.05, 3.63) is 71.8 Å². The molecule has 2 aliphatic heterocycles. The minimum Gasteiger partial charge on any atom is -1.00 e.